The number of hydrogen-bond donors (Lipinski definition) is 1. The lowest BCUT2D eigenvalue weighted by atomic mass is 10.0. The summed E-state index contributed by atoms with van der Waals surface area (Å²) in [6.45, 7) is 2.25. The highest BCUT2D eigenvalue weighted by Gasteiger charge is 2.31. The van der Waals surface area contributed by atoms with E-state index in [1.54, 1.807) is 0 Å². The van der Waals surface area contributed by atoms with Crippen LogP contribution in [0.1, 0.15) is 106 Å². The molecule has 2 fully saturated rings. The third-order valence-corrected chi connectivity index (χ3v) is 8.17. The number of carbonyl (C=O) groups excluding carboxylic acids is 1. The average Bonchev–Trinajstić information content (AvgIpc) is 3.57. The smallest absolute Gasteiger partial charge is 0.243 e. The largest absolute Gasteiger partial charge is 0.343 e. The van der Waals surface area contributed by atoms with Crippen LogP contribution in [0.2, 0.25) is 0 Å². The molecule has 3 unspecified atom stereocenters. The lowest BCUT2D eigenvalue weighted by Gasteiger charge is -2.29. The molecule has 0 bridgehead atoms. The third-order valence-electron chi connectivity index (χ3n) is 6.50. The Balaban J connectivity index is 0.000000188. The van der Waals surface area contributed by atoms with Crippen molar-refractivity contribution >= 4 is 17.7 Å². The van der Waals surface area contributed by atoms with E-state index in [2.05, 4.69) is 84.7 Å². The minimum Gasteiger partial charge on any atom is -0.343 e. The van der Waals surface area contributed by atoms with Gasteiger partial charge in [0.1, 0.15) is 6.04 Å². The number of carbonyl (C=O) groups is 1. The van der Waals surface area contributed by atoms with E-state index in [0.717, 1.165) is 6.42 Å². The van der Waals surface area contributed by atoms with Crippen LogP contribution in [-0.2, 0) is 4.79 Å². The van der Waals surface area contributed by atoms with E-state index >= 15 is 0 Å². The van der Waals surface area contributed by atoms with Gasteiger partial charge in [0, 0.05) is 10.5 Å². The highest BCUT2D eigenvalue weighted by molar-refractivity contribution is 7.99. The number of nitrogens with one attached hydrogen (secondary N) is 1. The van der Waals surface area contributed by atoms with Gasteiger partial charge in [0.2, 0.25) is 5.91 Å². The van der Waals surface area contributed by atoms with Gasteiger partial charge in [-0.25, -0.2) is 0 Å². The quantitative estimate of drug-likeness (QED) is 0.275. The van der Waals surface area contributed by atoms with Crippen LogP contribution >= 0.6 is 11.8 Å². The predicted molar refractivity (Wildman–Crippen MR) is 139 cm³/mol. The summed E-state index contributed by atoms with van der Waals surface area (Å²) < 4.78 is 0. The van der Waals surface area contributed by atoms with Crippen LogP contribution in [0.25, 0.3) is 0 Å². The van der Waals surface area contributed by atoms with Gasteiger partial charge >= 0.3 is 0 Å². The minimum atomic E-state index is 0.232. The molecule has 0 radical (unpaired) electrons. The Bertz CT molecular complexity index is 718. The summed E-state index contributed by atoms with van der Waals surface area (Å²) >= 11 is 2.14. The Morgan fingerprint density at radius 2 is 1.22 bits per heavy atom. The standard InChI is InChI=1S/C17H18S.C12H23NO/c1-3-8-14(9-4-1)16-12-7-13-17(18-16)15-10-5-2-6-11-15;1-2-3-4-5-6-7-8-9-10-11-12(14)13-11/h1-6,8-11,16-17H,7,12-13H2;11H,2-10H2,1H3,(H,13,14). The van der Waals surface area contributed by atoms with E-state index in [1.165, 1.54) is 81.8 Å². The van der Waals surface area contributed by atoms with Gasteiger partial charge in [-0.2, -0.15) is 0 Å². The van der Waals surface area contributed by atoms with Crippen LogP contribution < -0.4 is 5.32 Å². The Morgan fingerprint density at radius 3 is 1.69 bits per heavy atom. The van der Waals surface area contributed by atoms with Gasteiger partial charge in [0.15, 0.2) is 0 Å². The predicted octanol–water partition coefficient (Wildman–Crippen LogP) is 8.40. The summed E-state index contributed by atoms with van der Waals surface area (Å²) in [6.07, 6.45) is 15.8. The van der Waals surface area contributed by atoms with Crippen molar-refractivity contribution in [3.63, 3.8) is 0 Å². The van der Waals surface area contributed by atoms with Gasteiger partial charge in [0.05, 0.1) is 0 Å². The molecule has 3 atom stereocenters. The van der Waals surface area contributed by atoms with Crippen molar-refractivity contribution < 1.29 is 4.79 Å². The number of benzene rings is 2. The molecule has 2 aromatic carbocycles. The zero-order valence-corrected chi connectivity index (χ0v) is 20.6. The summed E-state index contributed by atoms with van der Waals surface area (Å²) in [5, 5.41) is 4.15. The Morgan fingerprint density at radius 1 is 0.750 bits per heavy atom. The lowest BCUT2D eigenvalue weighted by molar-refractivity contribution is -0.111. The lowest BCUT2D eigenvalue weighted by Crippen LogP contribution is -2.06. The van der Waals surface area contributed by atoms with E-state index in [0.29, 0.717) is 10.5 Å². The SMILES string of the molecule is CCCCCCCCCCC1NC1=O.c1ccc(C2CCCC(c3ccccc3)S2)cc1. The molecule has 2 saturated heterocycles. The Hall–Kier alpha value is -1.74. The van der Waals surface area contributed by atoms with E-state index in [4.69, 9.17) is 0 Å². The fourth-order valence-corrected chi connectivity index (χ4v) is 6.10. The van der Waals surface area contributed by atoms with Crippen LogP contribution in [0.4, 0.5) is 0 Å². The van der Waals surface area contributed by atoms with Crippen LogP contribution in [0.3, 0.4) is 0 Å². The van der Waals surface area contributed by atoms with Gasteiger partial charge in [0.25, 0.3) is 0 Å². The van der Waals surface area contributed by atoms with Crippen LogP contribution in [0.15, 0.2) is 60.7 Å². The second-order valence-electron chi connectivity index (χ2n) is 9.19. The molecule has 0 spiro atoms. The summed E-state index contributed by atoms with van der Waals surface area (Å²) in [4.78, 5) is 10.6. The van der Waals surface area contributed by atoms with E-state index in [1.807, 2.05) is 0 Å². The van der Waals surface area contributed by atoms with Crippen molar-refractivity contribution in [3.05, 3.63) is 71.8 Å². The molecule has 3 heteroatoms. The fraction of sp³-hybridized carbons (Fsp3) is 0.552. The fourth-order valence-electron chi connectivity index (χ4n) is 4.46. The molecule has 1 N–H and O–H groups in total. The van der Waals surface area contributed by atoms with Gasteiger partial charge in [-0.05, 0) is 30.4 Å². The molecular weight excluding hydrogens is 410 g/mol. The van der Waals surface area contributed by atoms with Crippen molar-refractivity contribution in [2.45, 2.75) is 101 Å². The molecule has 2 aliphatic heterocycles. The molecule has 4 rings (SSSR count). The first-order chi connectivity index (χ1) is 15.8. The number of rotatable bonds is 11. The summed E-state index contributed by atoms with van der Waals surface area (Å²) in [7, 11) is 0. The summed E-state index contributed by atoms with van der Waals surface area (Å²) in [6, 6.07) is 22.1. The first-order valence-corrected chi connectivity index (χ1v) is 13.8. The van der Waals surface area contributed by atoms with Crippen molar-refractivity contribution in [2.75, 3.05) is 0 Å². The Kier molecular flexibility index (Phi) is 11.2. The van der Waals surface area contributed by atoms with Gasteiger partial charge in [-0.15, -0.1) is 11.8 Å². The van der Waals surface area contributed by atoms with Gasteiger partial charge < -0.3 is 5.32 Å². The molecule has 2 heterocycles. The average molecular weight is 452 g/mol. The summed E-state index contributed by atoms with van der Waals surface area (Å²) in [5.74, 6) is 0.257. The zero-order chi connectivity index (χ0) is 22.4. The first kappa shape index (κ1) is 24.9. The van der Waals surface area contributed by atoms with Crippen LogP contribution in [-0.4, -0.2) is 11.9 Å². The molecule has 174 valence electrons. The highest BCUT2D eigenvalue weighted by Crippen LogP contribution is 2.49. The molecule has 32 heavy (non-hydrogen) atoms. The topological polar surface area (TPSA) is 39.0 Å². The van der Waals surface area contributed by atoms with Crippen LogP contribution in [0, 0.1) is 0 Å². The molecule has 2 aromatic rings. The molecule has 2 aliphatic rings. The molecule has 2 nitrogen and oxygen atoms in total. The first-order valence-electron chi connectivity index (χ1n) is 12.8. The molecular formula is C29H41NOS. The second kappa shape index (κ2) is 14.4. The number of hydrogen-bond acceptors (Lipinski definition) is 2. The van der Waals surface area contributed by atoms with E-state index < -0.39 is 0 Å². The van der Waals surface area contributed by atoms with Crippen molar-refractivity contribution in [1.29, 1.82) is 0 Å². The Labute approximate surface area is 200 Å². The normalized spacial score (nSPS) is 21.9. The van der Waals surface area contributed by atoms with Crippen molar-refractivity contribution in [1.82, 2.24) is 5.32 Å². The minimum absolute atomic E-state index is 0.232. The van der Waals surface area contributed by atoms with Crippen molar-refractivity contribution in [2.24, 2.45) is 0 Å². The van der Waals surface area contributed by atoms with Crippen molar-refractivity contribution in [3.8, 4) is 0 Å². The maximum absolute atomic E-state index is 10.6. The number of unbranched alkanes of at least 4 members (excludes halogenated alkanes) is 7. The third kappa shape index (κ3) is 9.02. The molecule has 0 aliphatic carbocycles. The molecule has 0 saturated carbocycles. The molecule has 1 amide bonds. The molecule has 0 aromatic heterocycles. The number of amides is 1. The van der Waals surface area contributed by atoms with E-state index in [9.17, 15) is 4.79 Å². The monoisotopic (exact) mass is 451 g/mol. The second-order valence-corrected chi connectivity index (χ2v) is 10.6. The zero-order valence-electron chi connectivity index (χ0n) is 19.8. The maximum Gasteiger partial charge on any atom is 0.243 e. The van der Waals surface area contributed by atoms with Crippen LogP contribution in [0.5, 0.6) is 0 Å². The highest BCUT2D eigenvalue weighted by atomic mass is 32.2. The maximum atomic E-state index is 10.6. The number of thioether (sulfide) groups is 1. The van der Waals surface area contributed by atoms with Gasteiger partial charge in [-0.3, -0.25) is 4.79 Å². The van der Waals surface area contributed by atoms with Gasteiger partial charge in [-0.1, -0.05) is 125 Å². The van der Waals surface area contributed by atoms with E-state index in [-0.39, 0.29) is 11.9 Å². The summed E-state index contributed by atoms with van der Waals surface area (Å²) in [5.41, 5.74) is 2.98.